The van der Waals surface area contributed by atoms with Crippen LogP contribution in [-0.4, -0.2) is 25.6 Å². The Kier molecular flexibility index (Phi) is 5.29. The van der Waals surface area contributed by atoms with Crippen molar-refractivity contribution < 1.29 is 22.6 Å². The third kappa shape index (κ3) is 5.68. The zero-order chi connectivity index (χ0) is 14.6. The second-order valence-electron chi connectivity index (χ2n) is 4.63. The largest absolute Gasteiger partial charge is 0.468 e. The first-order valence-electron chi connectivity index (χ1n) is 6.23. The predicted octanol–water partition coefficient (Wildman–Crippen LogP) is 3.62. The molecule has 1 aliphatic carbocycles. The molecule has 0 atom stereocenters. The molecule has 112 valence electrons. The van der Waals surface area contributed by atoms with E-state index in [2.05, 4.69) is 26.0 Å². The molecule has 0 bridgehead atoms. The van der Waals surface area contributed by atoms with Crippen LogP contribution in [0.5, 0.6) is 5.75 Å². The standard InChI is InChI=1S/C13H15BrF3NO2/c14-12-4-3-11(20-8-19-7-13(15,16)17)5-9(12)6-18-10-1-2-10/h3-5,10,18H,1-2,6-8H2. The molecule has 20 heavy (non-hydrogen) atoms. The van der Waals surface area contributed by atoms with Gasteiger partial charge < -0.3 is 14.8 Å². The summed E-state index contributed by atoms with van der Waals surface area (Å²) >= 11 is 3.43. The van der Waals surface area contributed by atoms with Crippen molar-refractivity contribution in [3.05, 3.63) is 28.2 Å². The average Bonchev–Trinajstić information content (AvgIpc) is 3.17. The van der Waals surface area contributed by atoms with Gasteiger partial charge in [0.2, 0.25) is 0 Å². The number of benzene rings is 1. The number of hydrogen-bond acceptors (Lipinski definition) is 3. The smallest absolute Gasteiger partial charge is 0.411 e. The fourth-order valence-corrected chi connectivity index (χ4v) is 1.97. The molecule has 0 radical (unpaired) electrons. The highest BCUT2D eigenvalue weighted by Gasteiger charge is 2.27. The van der Waals surface area contributed by atoms with Gasteiger partial charge in [-0.2, -0.15) is 13.2 Å². The maximum atomic E-state index is 11.9. The summed E-state index contributed by atoms with van der Waals surface area (Å²) in [4.78, 5) is 0. The summed E-state index contributed by atoms with van der Waals surface area (Å²) in [5, 5.41) is 3.36. The van der Waals surface area contributed by atoms with E-state index in [9.17, 15) is 13.2 Å². The Morgan fingerprint density at radius 1 is 1.30 bits per heavy atom. The molecule has 0 spiro atoms. The van der Waals surface area contributed by atoms with Gasteiger partial charge in [0.15, 0.2) is 6.79 Å². The number of hydrogen-bond donors (Lipinski definition) is 1. The Bertz CT molecular complexity index is 450. The van der Waals surface area contributed by atoms with Crippen LogP contribution in [-0.2, 0) is 11.3 Å². The molecule has 2 rings (SSSR count). The van der Waals surface area contributed by atoms with Crippen molar-refractivity contribution in [3.8, 4) is 5.75 Å². The zero-order valence-corrected chi connectivity index (χ0v) is 12.3. The van der Waals surface area contributed by atoms with Gasteiger partial charge in [-0.05, 0) is 36.6 Å². The third-order valence-electron chi connectivity index (χ3n) is 2.75. The van der Waals surface area contributed by atoms with Crippen molar-refractivity contribution in [2.24, 2.45) is 0 Å². The van der Waals surface area contributed by atoms with Crippen LogP contribution in [0.15, 0.2) is 22.7 Å². The van der Waals surface area contributed by atoms with Gasteiger partial charge in [0.05, 0.1) is 0 Å². The molecule has 1 aromatic rings. The lowest BCUT2D eigenvalue weighted by Gasteiger charge is -2.11. The highest BCUT2D eigenvalue weighted by Crippen LogP contribution is 2.25. The minimum Gasteiger partial charge on any atom is -0.468 e. The van der Waals surface area contributed by atoms with Crippen LogP contribution in [0.3, 0.4) is 0 Å². The monoisotopic (exact) mass is 353 g/mol. The molecular formula is C13H15BrF3NO2. The van der Waals surface area contributed by atoms with E-state index in [1.807, 2.05) is 6.07 Å². The van der Waals surface area contributed by atoms with E-state index in [1.165, 1.54) is 12.8 Å². The van der Waals surface area contributed by atoms with E-state index in [1.54, 1.807) is 12.1 Å². The fraction of sp³-hybridized carbons (Fsp3) is 0.538. The number of alkyl halides is 3. The minimum atomic E-state index is -4.33. The Balaban J connectivity index is 1.80. The van der Waals surface area contributed by atoms with Crippen LogP contribution in [0.2, 0.25) is 0 Å². The van der Waals surface area contributed by atoms with E-state index < -0.39 is 19.6 Å². The van der Waals surface area contributed by atoms with Crippen molar-refractivity contribution in [2.45, 2.75) is 31.6 Å². The molecule has 1 aliphatic rings. The Morgan fingerprint density at radius 3 is 2.70 bits per heavy atom. The third-order valence-corrected chi connectivity index (χ3v) is 3.52. The van der Waals surface area contributed by atoms with Crippen LogP contribution in [0.1, 0.15) is 18.4 Å². The van der Waals surface area contributed by atoms with Crippen molar-refractivity contribution in [1.29, 1.82) is 0 Å². The molecule has 1 aromatic carbocycles. The lowest BCUT2D eigenvalue weighted by atomic mass is 10.2. The molecule has 0 unspecified atom stereocenters. The molecule has 3 nitrogen and oxygen atoms in total. The highest BCUT2D eigenvalue weighted by molar-refractivity contribution is 9.10. The summed E-state index contributed by atoms with van der Waals surface area (Å²) in [5.74, 6) is 0.489. The number of nitrogens with one attached hydrogen (secondary N) is 1. The molecule has 1 fully saturated rings. The van der Waals surface area contributed by atoms with Crippen molar-refractivity contribution in [1.82, 2.24) is 5.32 Å². The SMILES string of the molecule is FC(F)(F)COCOc1ccc(Br)c(CNC2CC2)c1. The molecule has 0 amide bonds. The lowest BCUT2D eigenvalue weighted by molar-refractivity contribution is -0.186. The molecular weight excluding hydrogens is 339 g/mol. The van der Waals surface area contributed by atoms with E-state index in [0.717, 1.165) is 10.0 Å². The van der Waals surface area contributed by atoms with Crippen LogP contribution < -0.4 is 10.1 Å². The van der Waals surface area contributed by atoms with Crippen LogP contribution in [0, 0.1) is 0 Å². The molecule has 1 N–H and O–H groups in total. The topological polar surface area (TPSA) is 30.5 Å². The summed E-state index contributed by atoms with van der Waals surface area (Å²) in [5.41, 5.74) is 1.00. The molecule has 0 saturated heterocycles. The average molecular weight is 354 g/mol. The van der Waals surface area contributed by atoms with Crippen LogP contribution >= 0.6 is 15.9 Å². The summed E-state index contributed by atoms with van der Waals surface area (Å²) in [7, 11) is 0. The van der Waals surface area contributed by atoms with Gasteiger partial charge in [-0.25, -0.2) is 0 Å². The second kappa shape index (κ2) is 6.78. The first-order valence-corrected chi connectivity index (χ1v) is 7.02. The second-order valence-corrected chi connectivity index (χ2v) is 5.49. The summed E-state index contributed by atoms with van der Waals surface area (Å²) in [6.45, 7) is -1.03. The maximum Gasteiger partial charge on any atom is 0.411 e. The maximum absolute atomic E-state index is 11.9. The van der Waals surface area contributed by atoms with Gasteiger partial charge in [-0.1, -0.05) is 15.9 Å². The normalized spacial score (nSPS) is 15.4. The predicted molar refractivity (Wildman–Crippen MR) is 71.5 cm³/mol. The van der Waals surface area contributed by atoms with E-state index in [-0.39, 0.29) is 0 Å². The minimum absolute atomic E-state index is 0.420. The number of rotatable bonds is 7. The van der Waals surface area contributed by atoms with Gasteiger partial charge in [0.25, 0.3) is 0 Å². The lowest BCUT2D eigenvalue weighted by Crippen LogP contribution is -2.19. The van der Waals surface area contributed by atoms with Crippen LogP contribution in [0.4, 0.5) is 13.2 Å². The van der Waals surface area contributed by atoms with E-state index in [4.69, 9.17) is 4.74 Å². The Hall–Kier alpha value is -0.790. The Morgan fingerprint density at radius 2 is 2.05 bits per heavy atom. The van der Waals surface area contributed by atoms with Crippen molar-refractivity contribution in [2.75, 3.05) is 13.4 Å². The summed E-state index contributed by atoms with van der Waals surface area (Å²) in [6, 6.07) is 5.86. The van der Waals surface area contributed by atoms with Gasteiger partial charge in [-0.3, -0.25) is 0 Å². The van der Waals surface area contributed by atoms with Crippen molar-refractivity contribution >= 4 is 15.9 Å². The first kappa shape index (κ1) is 15.6. The van der Waals surface area contributed by atoms with Gasteiger partial charge in [0, 0.05) is 17.1 Å². The first-order chi connectivity index (χ1) is 9.44. The van der Waals surface area contributed by atoms with Gasteiger partial charge in [0.1, 0.15) is 12.4 Å². The van der Waals surface area contributed by atoms with Gasteiger partial charge >= 0.3 is 6.18 Å². The van der Waals surface area contributed by atoms with Gasteiger partial charge in [-0.15, -0.1) is 0 Å². The highest BCUT2D eigenvalue weighted by atomic mass is 79.9. The molecule has 7 heteroatoms. The van der Waals surface area contributed by atoms with Crippen LogP contribution in [0.25, 0.3) is 0 Å². The molecule has 1 saturated carbocycles. The fourth-order valence-electron chi connectivity index (χ4n) is 1.59. The van der Waals surface area contributed by atoms with E-state index in [0.29, 0.717) is 18.3 Å². The number of ether oxygens (including phenoxy) is 2. The quantitative estimate of drug-likeness (QED) is 0.599. The summed E-state index contributed by atoms with van der Waals surface area (Å²) in [6.07, 6.45) is -1.94. The molecule has 0 heterocycles. The molecule has 0 aliphatic heterocycles. The zero-order valence-electron chi connectivity index (χ0n) is 10.7. The molecule has 0 aromatic heterocycles. The number of halogens is 4. The Labute approximate surface area is 123 Å². The summed E-state index contributed by atoms with van der Waals surface area (Å²) < 4.78 is 46.1. The van der Waals surface area contributed by atoms with Crippen molar-refractivity contribution in [3.63, 3.8) is 0 Å². The van der Waals surface area contributed by atoms with E-state index >= 15 is 0 Å².